The highest BCUT2D eigenvalue weighted by molar-refractivity contribution is 5.69. The summed E-state index contributed by atoms with van der Waals surface area (Å²) in [5.41, 5.74) is -0.631. The number of hydrogen-bond acceptors (Lipinski definition) is 4. The van der Waals surface area contributed by atoms with Crippen molar-refractivity contribution in [3.63, 3.8) is 0 Å². The Hall–Kier alpha value is -0.810. The van der Waals surface area contributed by atoms with Crippen LogP contribution in [-0.4, -0.2) is 43.0 Å². The van der Waals surface area contributed by atoms with Gasteiger partial charge in [-0.3, -0.25) is 0 Å². The zero-order valence-corrected chi connectivity index (χ0v) is 11.5. The summed E-state index contributed by atoms with van der Waals surface area (Å²) < 4.78 is 10.8. The molecule has 2 fully saturated rings. The van der Waals surface area contributed by atoms with Crippen molar-refractivity contribution in [1.82, 2.24) is 10.6 Å². The number of amides is 1. The third-order valence-corrected chi connectivity index (χ3v) is 3.58. The van der Waals surface area contributed by atoms with Gasteiger partial charge in [-0.1, -0.05) is 0 Å². The fourth-order valence-electron chi connectivity index (χ4n) is 2.55. The van der Waals surface area contributed by atoms with Crippen LogP contribution in [0.15, 0.2) is 0 Å². The van der Waals surface area contributed by atoms with Crippen LogP contribution in [0, 0.1) is 0 Å². The fourth-order valence-corrected chi connectivity index (χ4v) is 2.55. The van der Waals surface area contributed by atoms with Crippen molar-refractivity contribution < 1.29 is 14.3 Å². The van der Waals surface area contributed by atoms with Gasteiger partial charge in [0.15, 0.2) is 0 Å². The minimum Gasteiger partial charge on any atom is -0.444 e. The van der Waals surface area contributed by atoms with Gasteiger partial charge in [-0.2, -0.15) is 0 Å². The second kappa shape index (κ2) is 5.05. The van der Waals surface area contributed by atoms with Crippen molar-refractivity contribution in [3.8, 4) is 0 Å². The molecular weight excluding hydrogens is 232 g/mol. The molecule has 0 aromatic carbocycles. The van der Waals surface area contributed by atoms with E-state index in [1.807, 2.05) is 20.8 Å². The highest BCUT2D eigenvalue weighted by Crippen LogP contribution is 2.36. The molecule has 0 spiro atoms. The molecule has 1 aliphatic carbocycles. The van der Waals surface area contributed by atoms with Crippen molar-refractivity contribution in [2.75, 3.05) is 19.8 Å². The van der Waals surface area contributed by atoms with Gasteiger partial charge in [-0.15, -0.1) is 0 Å². The average Bonchev–Trinajstić information content (AvgIpc) is 2.22. The molecule has 0 radical (unpaired) electrons. The summed E-state index contributed by atoms with van der Waals surface area (Å²) in [6, 6.07) is 0.201. The summed E-state index contributed by atoms with van der Waals surface area (Å²) >= 11 is 0. The van der Waals surface area contributed by atoms with Crippen LogP contribution < -0.4 is 10.6 Å². The number of rotatable bonds is 2. The third-order valence-electron chi connectivity index (χ3n) is 3.58. The van der Waals surface area contributed by atoms with Crippen LogP contribution in [0.4, 0.5) is 4.79 Å². The second-order valence-electron chi connectivity index (χ2n) is 6.22. The summed E-state index contributed by atoms with van der Waals surface area (Å²) in [7, 11) is 0. The van der Waals surface area contributed by atoms with E-state index >= 15 is 0 Å². The largest absolute Gasteiger partial charge is 0.444 e. The molecule has 0 aromatic rings. The lowest BCUT2D eigenvalue weighted by Crippen LogP contribution is -2.68. The molecule has 1 heterocycles. The zero-order valence-electron chi connectivity index (χ0n) is 11.5. The Balaban J connectivity index is 1.93. The number of morpholine rings is 1. The van der Waals surface area contributed by atoms with Crippen LogP contribution in [0.25, 0.3) is 0 Å². The summed E-state index contributed by atoms with van der Waals surface area (Å²) in [6.45, 7) is 7.89. The Morgan fingerprint density at radius 2 is 2.17 bits per heavy atom. The Bertz CT molecular complexity index is 302. The van der Waals surface area contributed by atoms with Gasteiger partial charge in [0.1, 0.15) is 5.60 Å². The van der Waals surface area contributed by atoms with Crippen molar-refractivity contribution in [2.24, 2.45) is 0 Å². The van der Waals surface area contributed by atoms with Gasteiger partial charge < -0.3 is 20.1 Å². The topological polar surface area (TPSA) is 59.6 Å². The van der Waals surface area contributed by atoms with Crippen molar-refractivity contribution in [3.05, 3.63) is 0 Å². The van der Waals surface area contributed by atoms with Gasteiger partial charge in [-0.05, 0) is 40.0 Å². The molecule has 2 rings (SSSR count). The van der Waals surface area contributed by atoms with Crippen LogP contribution in [0.5, 0.6) is 0 Å². The van der Waals surface area contributed by atoms with Gasteiger partial charge in [0, 0.05) is 6.54 Å². The molecule has 1 unspecified atom stereocenters. The molecule has 2 N–H and O–H groups in total. The zero-order chi connectivity index (χ0) is 13.2. The van der Waals surface area contributed by atoms with E-state index in [9.17, 15) is 4.79 Å². The summed E-state index contributed by atoms with van der Waals surface area (Å²) in [6.07, 6.45) is 2.81. The Labute approximate surface area is 109 Å². The highest BCUT2D eigenvalue weighted by Gasteiger charge is 2.46. The van der Waals surface area contributed by atoms with Crippen LogP contribution in [0.1, 0.15) is 40.0 Å². The maximum Gasteiger partial charge on any atom is 0.408 e. The Morgan fingerprint density at radius 1 is 1.44 bits per heavy atom. The SMILES string of the molecule is CC(C)(C)OC(=O)NC1(C2COCCN2)CCC1. The van der Waals surface area contributed by atoms with Crippen molar-refractivity contribution in [1.29, 1.82) is 0 Å². The number of hydrogen-bond donors (Lipinski definition) is 2. The number of carbonyl (C=O) groups excluding carboxylic acids is 1. The smallest absolute Gasteiger partial charge is 0.408 e. The summed E-state index contributed by atoms with van der Waals surface area (Å²) in [5.74, 6) is 0. The average molecular weight is 256 g/mol. The van der Waals surface area contributed by atoms with E-state index in [4.69, 9.17) is 9.47 Å². The van der Waals surface area contributed by atoms with E-state index in [1.165, 1.54) is 0 Å². The molecule has 5 nitrogen and oxygen atoms in total. The quantitative estimate of drug-likeness (QED) is 0.784. The van der Waals surface area contributed by atoms with Crippen LogP contribution in [0.2, 0.25) is 0 Å². The molecule has 2 aliphatic rings. The van der Waals surface area contributed by atoms with Gasteiger partial charge >= 0.3 is 6.09 Å². The van der Waals surface area contributed by atoms with Crippen LogP contribution >= 0.6 is 0 Å². The standard InChI is InChI=1S/C13H24N2O3/c1-12(2,3)18-11(16)15-13(5-4-6-13)10-9-17-8-7-14-10/h10,14H,4-9H2,1-3H3,(H,15,16). The first-order valence-corrected chi connectivity index (χ1v) is 6.74. The predicted molar refractivity (Wildman–Crippen MR) is 68.6 cm³/mol. The molecule has 104 valence electrons. The first kappa shape index (κ1) is 13.6. The first-order chi connectivity index (χ1) is 8.41. The summed E-state index contributed by atoms with van der Waals surface area (Å²) in [4.78, 5) is 11.9. The normalized spacial score (nSPS) is 27.2. The molecule has 0 aromatic heterocycles. The first-order valence-electron chi connectivity index (χ1n) is 6.74. The fraction of sp³-hybridized carbons (Fsp3) is 0.923. The highest BCUT2D eigenvalue weighted by atomic mass is 16.6. The molecule has 1 saturated carbocycles. The Morgan fingerprint density at radius 3 is 2.61 bits per heavy atom. The molecule has 1 saturated heterocycles. The number of alkyl carbamates (subject to hydrolysis) is 1. The van der Waals surface area contributed by atoms with E-state index in [2.05, 4.69) is 10.6 Å². The lowest BCUT2D eigenvalue weighted by atomic mass is 9.71. The van der Waals surface area contributed by atoms with Crippen LogP contribution in [0.3, 0.4) is 0 Å². The van der Waals surface area contributed by atoms with Crippen molar-refractivity contribution in [2.45, 2.75) is 57.2 Å². The molecule has 1 atom stereocenters. The molecular formula is C13H24N2O3. The Kier molecular flexibility index (Phi) is 3.82. The minimum absolute atomic E-state index is 0.178. The van der Waals surface area contributed by atoms with Gasteiger partial charge in [0.2, 0.25) is 0 Å². The lowest BCUT2D eigenvalue weighted by molar-refractivity contribution is -0.00186. The van der Waals surface area contributed by atoms with E-state index in [-0.39, 0.29) is 17.7 Å². The van der Waals surface area contributed by atoms with E-state index in [0.29, 0.717) is 6.61 Å². The van der Waals surface area contributed by atoms with Gasteiger partial charge in [0.05, 0.1) is 24.8 Å². The molecule has 18 heavy (non-hydrogen) atoms. The maximum atomic E-state index is 11.9. The van der Waals surface area contributed by atoms with Gasteiger partial charge in [0.25, 0.3) is 0 Å². The van der Waals surface area contributed by atoms with E-state index in [1.54, 1.807) is 0 Å². The molecule has 1 amide bonds. The van der Waals surface area contributed by atoms with Crippen LogP contribution in [-0.2, 0) is 9.47 Å². The van der Waals surface area contributed by atoms with E-state index < -0.39 is 5.60 Å². The monoisotopic (exact) mass is 256 g/mol. The van der Waals surface area contributed by atoms with Gasteiger partial charge in [-0.25, -0.2) is 4.79 Å². The molecule has 1 aliphatic heterocycles. The number of nitrogens with one attached hydrogen (secondary N) is 2. The summed E-state index contributed by atoms with van der Waals surface area (Å²) in [5, 5.41) is 6.49. The van der Waals surface area contributed by atoms with E-state index in [0.717, 1.165) is 32.4 Å². The maximum absolute atomic E-state index is 11.9. The molecule has 0 bridgehead atoms. The van der Waals surface area contributed by atoms with Crippen molar-refractivity contribution >= 4 is 6.09 Å². The lowest BCUT2D eigenvalue weighted by Gasteiger charge is -2.49. The number of ether oxygens (including phenoxy) is 2. The third kappa shape index (κ3) is 3.14. The predicted octanol–water partition coefficient (Wildman–Crippen LogP) is 1.42. The minimum atomic E-state index is -0.453. The second-order valence-corrected chi connectivity index (χ2v) is 6.22. The molecule has 5 heteroatoms. The number of carbonyl (C=O) groups is 1.